The van der Waals surface area contributed by atoms with Crippen LogP contribution in [0.5, 0.6) is 0 Å². The normalized spacial score (nSPS) is 12.5. The van der Waals surface area contributed by atoms with Crippen LogP contribution in [0.25, 0.3) is 0 Å². The predicted molar refractivity (Wildman–Crippen MR) is 32.6 cm³/mol. The topological polar surface area (TPSA) is 37.4 Å². The Labute approximate surface area is 50.4 Å². The smallest absolute Gasteiger partial charge is 0.212 e. The minimum Gasteiger partial charge on any atom is -0.212 e. The minimum absolute atomic E-state index is 0.478. The van der Waals surface area contributed by atoms with E-state index in [0.717, 1.165) is 0 Å². The standard InChI is InChI=1S/C4H10NO2S/c1-4-5(2)8(3,6)7/h3-4H2,1-2H3. The van der Waals surface area contributed by atoms with Crippen molar-refractivity contribution in [2.24, 2.45) is 0 Å². The van der Waals surface area contributed by atoms with Crippen molar-refractivity contribution in [3.8, 4) is 0 Å². The van der Waals surface area contributed by atoms with Gasteiger partial charge in [0.25, 0.3) is 0 Å². The van der Waals surface area contributed by atoms with Crippen LogP contribution in [0, 0.1) is 6.26 Å². The molecule has 0 atom stereocenters. The molecule has 49 valence electrons. The lowest BCUT2D eigenvalue weighted by Gasteiger charge is -2.08. The van der Waals surface area contributed by atoms with E-state index in [-0.39, 0.29) is 0 Å². The lowest BCUT2D eigenvalue weighted by molar-refractivity contribution is 0.495. The van der Waals surface area contributed by atoms with Gasteiger partial charge in [0, 0.05) is 13.6 Å². The molecular weight excluding hydrogens is 126 g/mol. The number of nitrogens with zero attached hydrogens (tertiary/aromatic N) is 1. The zero-order chi connectivity index (χ0) is 6.78. The van der Waals surface area contributed by atoms with Gasteiger partial charge in [-0.1, -0.05) is 6.92 Å². The molecule has 0 unspecified atom stereocenters. The molecule has 0 aliphatic carbocycles. The summed E-state index contributed by atoms with van der Waals surface area (Å²) in [6, 6.07) is 0. The van der Waals surface area contributed by atoms with E-state index in [2.05, 4.69) is 6.26 Å². The van der Waals surface area contributed by atoms with Crippen LogP contribution in [0.3, 0.4) is 0 Å². The van der Waals surface area contributed by atoms with Crippen molar-refractivity contribution in [2.75, 3.05) is 13.6 Å². The lowest BCUT2D eigenvalue weighted by atomic mass is 10.8. The van der Waals surface area contributed by atoms with Crippen molar-refractivity contribution < 1.29 is 8.42 Å². The van der Waals surface area contributed by atoms with Crippen LogP contribution < -0.4 is 0 Å². The van der Waals surface area contributed by atoms with Gasteiger partial charge in [0.1, 0.15) is 0 Å². The maximum absolute atomic E-state index is 10.4. The van der Waals surface area contributed by atoms with Crippen LogP contribution in [0.4, 0.5) is 0 Å². The summed E-state index contributed by atoms with van der Waals surface area (Å²) in [6.07, 6.45) is 2.94. The first-order valence-electron chi connectivity index (χ1n) is 2.28. The molecule has 0 saturated heterocycles. The Kier molecular flexibility index (Phi) is 2.43. The Morgan fingerprint density at radius 1 is 1.62 bits per heavy atom. The van der Waals surface area contributed by atoms with Crippen LogP contribution in [0.15, 0.2) is 0 Å². The van der Waals surface area contributed by atoms with Crippen molar-refractivity contribution in [3.05, 3.63) is 6.26 Å². The Balaban J connectivity index is 4.04. The summed E-state index contributed by atoms with van der Waals surface area (Å²) in [5.41, 5.74) is 0. The molecule has 0 heterocycles. The molecule has 1 radical (unpaired) electrons. The zero-order valence-corrected chi connectivity index (χ0v) is 5.90. The van der Waals surface area contributed by atoms with Crippen LogP contribution in [-0.2, 0) is 10.0 Å². The molecule has 0 aliphatic heterocycles. The van der Waals surface area contributed by atoms with Gasteiger partial charge in [0.2, 0.25) is 10.0 Å². The molecule has 0 amide bonds. The fraction of sp³-hybridized carbons (Fsp3) is 0.750. The molecule has 0 aliphatic rings. The van der Waals surface area contributed by atoms with Crippen molar-refractivity contribution in [2.45, 2.75) is 6.92 Å². The van der Waals surface area contributed by atoms with Crippen molar-refractivity contribution >= 4 is 10.0 Å². The summed E-state index contributed by atoms with van der Waals surface area (Å²) in [6.45, 7) is 2.23. The number of hydrogen-bond donors (Lipinski definition) is 0. The van der Waals surface area contributed by atoms with Crippen molar-refractivity contribution in [1.29, 1.82) is 0 Å². The largest absolute Gasteiger partial charge is 0.214 e. The molecule has 0 bridgehead atoms. The van der Waals surface area contributed by atoms with E-state index < -0.39 is 10.0 Å². The summed E-state index contributed by atoms with van der Waals surface area (Å²) >= 11 is 0. The molecular formula is C4H10NO2S. The van der Waals surface area contributed by atoms with Gasteiger partial charge in [0.05, 0.1) is 6.26 Å². The lowest BCUT2D eigenvalue weighted by Crippen LogP contribution is -2.23. The van der Waals surface area contributed by atoms with Crippen LogP contribution in [0.1, 0.15) is 6.92 Å². The van der Waals surface area contributed by atoms with Gasteiger partial charge in [0.15, 0.2) is 0 Å². The second-order valence-electron chi connectivity index (χ2n) is 1.53. The molecule has 0 aromatic rings. The van der Waals surface area contributed by atoms with Gasteiger partial charge in [-0.2, -0.15) is 0 Å². The highest BCUT2D eigenvalue weighted by Gasteiger charge is 2.05. The first kappa shape index (κ1) is 7.91. The first-order valence-corrected chi connectivity index (χ1v) is 3.88. The van der Waals surface area contributed by atoms with Crippen LogP contribution in [-0.4, -0.2) is 26.3 Å². The summed E-state index contributed by atoms with van der Waals surface area (Å²) in [5.74, 6) is 0. The third kappa shape index (κ3) is 2.28. The molecule has 0 rings (SSSR count). The summed E-state index contributed by atoms with van der Waals surface area (Å²) in [4.78, 5) is 0. The van der Waals surface area contributed by atoms with E-state index in [0.29, 0.717) is 6.54 Å². The van der Waals surface area contributed by atoms with E-state index in [4.69, 9.17) is 0 Å². The maximum Gasteiger partial charge on any atom is 0.214 e. The Bertz CT molecular complexity index is 149. The fourth-order valence-corrected chi connectivity index (χ4v) is 0.590. The third-order valence-electron chi connectivity index (χ3n) is 0.920. The summed E-state index contributed by atoms with van der Waals surface area (Å²) in [7, 11) is -1.68. The molecule has 8 heavy (non-hydrogen) atoms. The molecule has 0 aromatic heterocycles. The highest BCUT2D eigenvalue weighted by atomic mass is 32.2. The Morgan fingerprint density at radius 3 is 2.00 bits per heavy atom. The molecule has 0 saturated carbocycles. The van der Waals surface area contributed by atoms with Crippen LogP contribution >= 0.6 is 0 Å². The zero-order valence-electron chi connectivity index (χ0n) is 5.09. The fourth-order valence-electron chi connectivity index (χ4n) is 0.197. The van der Waals surface area contributed by atoms with E-state index in [1.165, 1.54) is 11.4 Å². The predicted octanol–water partition coefficient (Wildman–Crippen LogP) is 0.0595. The molecule has 0 spiro atoms. The van der Waals surface area contributed by atoms with E-state index in [1.54, 1.807) is 6.92 Å². The van der Waals surface area contributed by atoms with Gasteiger partial charge >= 0.3 is 0 Å². The van der Waals surface area contributed by atoms with E-state index >= 15 is 0 Å². The highest BCUT2D eigenvalue weighted by Crippen LogP contribution is 1.91. The average Bonchev–Trinajstić information content (AvgIpc) is 1.62. The number of hydrogen-bond acceptors (Lipinski definition) is 2. The SMILES string of the molecule is [CH2]S(=O)(=O)N(C)CC. The Hall–Kier alpha value is -0.0900. The van der Waals surface area contributed by atoms with E-state index in [9.17, 15) is 8.42 Å². The molecule has 0 aromatic carbocycles. The minimum atomic E-state index is -3.17. The number of sulfonamides is 1. The maximum atomic E-state index is 10.4. The van der Waals surface area contributed by atoms with Crippen LogP contribution in [0.2, 0.25) is 0 Å². The van der Waals surface area contributed by atoms with Gasteiger partial charge in [-0.3, -0.25) is 0 Å². The molecule has 3 nitrogen and oxygen atoms in total. The van der Waals surface area contributed by atoms with E-state index in [1.807, 2.05) is 0 Å². The van der Waals surface area contributed by atoms with Gasteiger partial charge < -0.3 is 0 Å². The summed E-state index contributed by atoms with van der Waals surface area (Å²) in [5, 5.41) is 0. The highest BCUT2D eigenvalue weighted by molar-refractivity contribution is 7.90. The molecule has 0 N–H and O–H groups in total. The van der Waals surface area contributed by atoms with Crippen molar-refractivity contribution in [3.63, 3.8) is 0 Å². The summed E-state index contributed by atoms with van der Waals surface area (Å²) < 4.78 is 21.9. The quantitative estimate of drug-likeness (QED) is 0.538. The third-order valence-corrected chi connectivity index (χ3v) is 2.13. The van der Waals surface area contributed by atoms with Gasteiger partial charge in [-0.25, -0.2) is 12.7 Å². The first-order chi connectivity index (χ1) is 3.48. The molecule has 4 heteroatoms. The second-order valence-corrected chi connectivity index (χ2v) is 3.31. The number of rotatable bonds is 2. The van der Waals surface area contributed by atoms with Crippen molar-refractivity contribution in [1.82, 2.24) is 4.31 Å². The van der Waals surface area contributed by atoms with Gasteiger partial charge in [-0.05, 0) is 0 Å². The average molecular weight is 136 g/mol. The van der Waals surface area contributed by atoms with Gasteiger partial charge in [-0.15, -0.1) is 0 Å². The second kappa shape index (κ2) is 2.46. The molecule has 0 fully saturated rings. The Morgan fingerprint density at radius 2 is 2.00 bits per heavy atom. The monoisotopic (exact) mass is 136 g/mol.